The molecule has 5 rings (SSSR count). The number of rotatable bonds is 4. The van der Waals surface area contributed by atoms with Crippen LogP contribution in [0, 0.1) is 11.5 Å². The van der Waals surface area contributed by atoms with E-state index in [0.717, 1.165) is 42.8 Å². The zero-order valence-corrected chi connectivity index (χ0v) is 18.9. The molecule has 0 bridgehead atoms. The molecule has 0 aliphatic carbocycles. The zero-order chi connectivity index (χ0) is 23.2. The molecule has 1 aliphatic heterocycles. The Kier molecular flexibility index (Phi) is 6.46. The van der Waals surface area contributed by atoms with Crippen molar-refractivity contribution >= 4 is 22.5 Å². The van der Waals surface area contributed by atoms with Crippen LogP contribution in [0.5, 0.6) is 0 Å². The summed E-state index contributed by atoms with van der Waals surface area (Å²) in [5, 5.41) is 14.0. The maximum atomic E-state index is 9.54. The van der Waals surface area contributed by atoms with Crippen LogP contribution in [0.2, 0.25) is 0 Å². The van der Waals surface area contributed by atoms with Gasteiger partial charge in [-0.3, -0.25) is 9.88 Å². The van der Waals surface area contributed by atoms with Crippen molar-refractivity contribution in [1.29, 1.82) is 5.26 Å². The highest BCUT2D eigenvalue weighted by molar-refractivity contribution is 6.02. The van der Waals surface area contributed by atoms with Gasteiger partial charge in [-0.2, -0.15) is 5.26 Å². The van der Waals surface area contributed by atoms with Crippen LogP contribution in [0.4, 0.5) is 5.69 Å². The summed E-state index contributed by atoms with van der Waals surface area (Å²) >= 11 is 0. The topological polar surface area (TPSA) is 67.5 Å². The number of aromatic nitrogens is 1. The van der Waals surface area contributed by atoms with Gasteiger partial charge in [-0.25, -0.2) is 0 Å². The molecule has 2 heterocycles. The normalized spacial score (nSPS) is 16.9. The number of hydrogen-bond acceptors (Lipinski definition) is 4. The molecule has 1 fully saturated rings. The van der Waals surface area contributed by atoms with Crippen molar-refractivity contribution in [3.63, 3.8) is 0 Å². The number of nitrogens with zero attached hydrogens (tertiary/aromatic N) is 5. The second-order valence-electron chi connectivity index (χ2n) is 8.38. The summed E-state index contributed by atoms with van der Waals surface area (Å²) in [6, 6.07) is 31.0. The van der Waals surface area contributed by atoms with Crippen molar-refractivity contribution in [2.45, 2.75) is 12.6 Å². The van der Waals surface area contributed by atoms with Crippen LogP contribution in [0.3, 0.4) is 0 Å². The highest BCUT2D eigenvalue weighted by atomic mass is 15.4. The van der Waals surface area contributed by atoms with E-state index in [1.54, 1.807) is 6.20 Å². The molecule has 0 saturated carbocycles. The predicted molar refractivity (Wildman–Crippen MR) is 136 cm³/mol. The van der Waals surface area contributed by atoms with E-state index < -0.39 is 0 Å². The quantitative estimate of drug-likeness (QED) is 0.270. The molecule has 3 aromatic carbocycles. The van der Waals surface area contributed by atoms with Gasteiger partial charge in [-0.05, 0) is 35.4 Å². The Morgan fingerprint density at radius 1 is 0.941 bits per heavy atom. The average molecular weight is 447 g/mol. The van der Waals surface area contributed by atoms with E-state index in [2.05, 4.69) is 73.6 Å². The van der Waals surface area contributed by atoms with Crippen LogP contribution in [0.15, 0.2) is 102 Å². The number of guanidine groups is 1. The van der Waals surface area contributed by atoms with Crippen molar-refractivity contribution in [2.75, 3.05) is 25.0 Å². The van der Waals surface area contributed by atoms with Crippen molar-refractivity contribution < 1.29 is 0 Å². The lowest BCUT2D eigenvalue weighted by atomic mass is 10.0. The summed E-state index contributed by atoms with van der Waals surface area (Å²) in [5.74, 6) is 0.562. The van der Waals surface area contributed by atoms with E-state index in [0.29, 0.717) is 5.96 Å². The molecule has 1 N–H and O–H groups in total. The number of aliphatic imine (C=N–C) groups is 1. The number of hydrogen-bond donors (Lipinski definition) is 1. The Labute approximate surface area is 199 Å². The first-order valence-corrected chi connectivity index (χ1v) is 11.5. The Morgan fingerprint density at radius 3 is 2.53 bits per heavy atom. The lowest BCUT2D eigenvalue weighted by Gasteiger charge is -2.43. The molecule has 168 valence electrons. The summed E-state index contributed by atoms with van der Waals surface area (Å²) in [7, 11) is 0. The maximum absolute atomic E-state index is 9.54. The third kappa shape index (κ3) is 4.75. The van der Waals surface area contributed by atoms with Gasteiger partial charge in [0.25, 0.3) is 0 Å². The van der Waals surface area contributed by atoms with Crippen LogP contribution >= 0.6 is 0 Å². The monoisotopic (exact) mass is 446 g/mol. The number of piperazine rings is 1. The highest BCUT2D eigenvalue weighted by Crippen LogP contribution is 2.29. The van der Waals surface area contributed by atoms with Crippen LogP contribution in [-0.4, -0.2) is 40.4 Å². The van der Waals surface area contributed by atoms with E-state index in [1.165, 1.54) is 11.1 Å². The van der Waals surface area contributed by atoms with Gasteiger partial charge in [0.05, 0.1) is 17.2 Å². The summed E-state index contributed by atoms with van der Waals surface area (Å²) in [6.45, 7) is 3.36. The Balaban J connectivity index is 1.45. The molecule has 4 aromatic rings. The van der Waals surface area contributed by atoms with Gasteiger partial charge in [0.15, 0.2) is 0 Å². The lowest BCUT2D eigenvalue weighted by molar-refractivity contribution is 0.121. The van der Waals surface area contributed by atoms with E-state index >= 15 is 0 Å². The van der Waals surface area contributed by atoms with Crippen LogP contribution in [0.1, 0.15) is 17.2 Å². The van der Waals surface area contributed by atoms with Gasteiger partial charge in [-0.1, -0.05) is 66.7 Å². The van der Waals surface area contributed by atoms with Gasteiger partial charge in [0.2, 0.25) is 12.2 Å². The lowest BCUT2D eigenvalue weighted by Crippen LogP contribution is -2.52. The van der Waals surface area contributed by atoms with E-state index in [9.17, 15) is 5.26 Å². The fraction of sp³-hybridized carbons (Fsp3) is 0.179. The van der Waals surface area contributed by atoms with Crippen LogP contribution < -0.4 is 5.32 Å². The van der Waals surface area contributed by atoms with Gasteiger partial charge >= 0.3 is 0 Å². The minimum Gasteiger partial charge on any atom is -0.332 e. The number of nitriles is 1. The van der Waals surface area contributed by atoms with Gasteiger partial charge in [-0.15, -0.1) is 4.99 Å². The minimum absolute atomic E-state index is 0.0614. The Morgan fingerprint density at radius 2 is 1.74 bits per heavy atom. The number of nitrogens with one attached hydrogen (secondary N) is 1. The first-order chi connectivity index (χ1) is 16.8. The summed E-state index contributed by atoms with van der Waals surface area (Å²) in [5.41, 5.74) is 4.29. The fourth-order valence-electron chi connectivity index (χ4n) is 4.58. The summed E-state index contributed by atoms with van der Waals surface area (Å²) in [6.07, 6.45) is 3.80. The summed E-state index contributed by atoms with van der Waals surface area (Å²) in [4.78, 5) is 13.4. The molecule has 6 nitrogen and oxygen atoms in total. The third-order valence-electron chi connectivity index (χ3n) is 6.22. The van der Waals surface area contributed by atoms with Crippen molar-refractivity contribution in [3.05, 3.63) is 108 Å². The van der Waals surface area contributed by atoms with Gasteiger partial charge in [0.1, 0.15) is 0 Å². The Hall–Kier alpha value is -4.21. The zero-order valence-electron chi connectivity index (χ0n) is 18.9. The van der Waals surface area contributed by atoms with Crippen LogP contribution in [0.25, 0.3) is 10.9 Å². The predicted octanol–water partition coefficient (Wildman–Crippen LogP) is 5.04. The van der Waals surface area contributed by atoms with E-state index in [-0.39, 0.29) is 6.04 Å². The largest absolute Gasteiger partial charge is 0.332 e. The molecule has 34 heavy (non-hydrogen) atoms. The number of fused-ring (bicyclic) bond motifs is 1. The van der Waals surface area contributed by atoms with Gasteiger partial charge in [0, 0.05) is 37.8 Å². The van der Waals surface area contributed by atoms with Crippen LogP contribution in [-0.2, 0) is 6.54 Å². The van der Waals surface area contributed by atoms with Crippen molar-refractivity contribution in [2.24, 2.45) is 4.99 Å². The van der Waals surface area contributed by atoms with Crippen molar-refractivity contribution in [3.8, 4) is 6.19 Å². The second kappa shape index (κ2) is 10.2. The number of anilines is 1. The molecule has 1 saturated heterocycles. The SMILES string of the molecule is N#CN=C(Nc1cccc2ncccc12)N1CCN(Cc2ccccc2)CC1c1ccccc1. The number of benzene rings is 3. The molecular weight excluding hydrogens is 420 g/mol. The van der Waals surface area contributed by atoms with Crippen molar-refractivity contribution in [1.82, 2.24) is 14.8 Å². The minimum atomic E-state index is 0.0614. The Bertz CT molecular complexity index is 1310. The summed E-state index contributed by atoms with van der Waals surface area (Å²) < 4.78 is 0. The molecule has 1 aromatic heterocycles. The molecule has 0 spiro atoms. The third-order valence-corrected chi connectivity index (χ3v) is 6.22. The van der Waals surface area contributed by atoms with Gasteiger partial charge < -0.3 is 10.2 Å². The molecule has 0 radical (unpaired) electrons. The molecule has 6 heteroatoms. The van der Waals surface area contributed by atoms with E-state index in [4.69, 9.17) is 0 Å². The standard InChI is InChI=1S/C28H26N6/c29-21-31-28(32-26-15-7-14-25-24(26)13-8-16-30-25)34-18-17-33(19-22-9-3-1-4-10-22)20-27(34)23-11-5-2-6-12-23/h1-16,27H,17-20H2,(H,31,32). The smallest absolute Gasteiger partial charge is 0.215 e. The molecule has 1 aliphatic rings. The average Bonchev–Trinajstić information content (AvgIpc) is 2.90. The highest BCUT2D eigenvalue weighted by Gasteiger charge is 2.31. The maximum Gasteiger partial charge on any atom is 0.215 e. The fourth-order valence-corrected chi connectivity index (χ4v) is 4.58. The molecule has 0 amide bonds. The number of pyridine rings is 1. The van der Waals surface area contributed by atoms with E-state index in [1.807, 2.05) is 48.7 Å². The first-order valence-electron chi connectivity index (χ1n) is 11.5. The molecular formula is C28H26N6. The first kappa shape index (κ1) is 21.6. The second-order valence-corrected chi connectivity index (χ2v) is 8.38. The molecule has 1 unspecified atom stereocenters. The molecule has 1 atom stereocenters.